The average molecular weight is 209 g/mol. The summed E-state index contributed by atoms with van der Waals surface area (Å²) in [5.41, 5.74) is -0.154. The Morgan fingerprint density at radius 1 is 1.60 bits per heavy atom. The van der Waals surface area contributed by atoms with E-state index in [0.717, 1.165) is 6.42 Å². The molecule has 0 spiro atoms. The second-order valence-electron chi connectivity index (χ2n) is 4.39. The lowest BCUT2D eigenvalue weighted by Gasteiger charge is -2.26. The molecule has 0 saturated carbocycles. The largest absolute Gasteiger partial charge is 0.349 e. The predicted octanol–water partition coefficient (Wildman–Crippen LogP) is 1.75. The number of rotatable bonds is 4. The molecule has 1 rings (SSSR count). The van der Waals surface area contributed by atoms with E-state index in [1.54, 1.807) is 17.1 Å². The maximum atomic E-state index is 11.8. The first kappa shape index (κ1) is 11.8. The predicted molar refractivity (Wildman–Crippen MR) is 59.5 cm³/mol. The lowest BCUT2D eigenvalue weighted by molar-refractivity contribution is -0.125. The summed E-state index contributed by atoms with van der Waals surface area (Å²) >= 11 is 0. The van der Waals surface area contributed by atoms with Crippen LogP contribution < -0.4 is 5.32 Å². The van der Waals surface area contributed by atoms with Crippen LogP contribution in [0.1, 0.15) is 40.2 Å². The maximum Gasteiger partial charge on any atom is 0.244 e. The van der Waals surface area contributed by atoms with Gasteiger partial charge < -0.3 is 5.32 Å². The SMILES string of the molecule is CCC(C)(C)NC(=O)C(C)n1cccn1. The third kappa shape index (κ3) is 3.08. The van der Waals surface area contributed by atoms with Gasteiger partial charge in [-0.1, -0.05) is 6.92 Å². The van der Waals surface area contributed by atoms with Crippen LogP contribution in [0.15, 0.2) is 18.5 Å². The Balaban J connectivity index is 2.62. The molecule has 1 heterocycles. The van der Waals surface area contributed by atoms with Crippen molar-refractivity contribution in [3.05, 3.63) is 18.5 Å². The summed E-state index contributed by atoms with van der Waals surface area (Å²) in [6.07, 6.45) is 4.38. The van der Waals surface area contributed by atoms with Crippen LogP contribution in [-0.2, 0) is 4.79 Å². The first-order chi connectivity index (χ1) is 6.96. The second kappa shape index (κ2) is 4.47. The summed E-state index contributed by atoms with van der Waals surface area (Å²) < 4.78 is 1.65. The van der Waals surface area contributed by atoms with Gasteiger partial charge in [-0.25, -0.2) is 0 Å². The van der Waals surface area contributed by atoms with Gasteiger partial charge in [-0.3, -0.25) is 9.48 Å². The van der Waals surface area contributed by atoms with E-state index >= 15 is 0 Å². The summed E-state index contributed by atoms with van der Waals surface area (Å²) in [5, 5.41) is 7.04. The Hall–Kier alpha value is -1.32. The Morgan fingerprint density at radius 2 is 2.27 bits per heavy atom. The van der Waals surface area contributed by atoms with E-state index in [1.807, 2.05) is 26.8 Å². The minimum Gasteiger partial charge on any atom is -0.349 e. The molecule has 4 heteroatoms. The second-order valence-corrected chi connectivity index (χ2v) is 4.39. The number of nitrogens with zero attached hydrogens (tertiary/aromatic N) is 2. The summed E-state index contributed by atoms with van der Waals surface area (Å²) in [4.78, 5) is 11.8. The lowest BCUT2D eigenvalue weighted by Crippen LogP contribution is -2.45. The fraction of sp³-hybridized carbons (Fsp3) is 0.636. The molecule has 0 saturated heterocycles. The van der Waals surface area contributed by atoms with Crippen molar-refractivity contribution < 1.29 is 4.79 Å². The van der Waals surface area contributed by atoms with Crippen LogP contribution in [0.2, 0.25) is 0 Å². The van der Waals surface area contributed by atoms with Gasteiger partial charge in [0.25, 0.3) is 0 Å². The van der Waals surface area contributed by atoms with Gasteiger partial charge in [0.15, 0.2) is 0 Å². The van der Waals surface area contributed by atoms with Crippen LogP contribution in [0.5, 0.6) is 0 Å². The quantitative estimate of drug-likeness (QED) is 0.821. The van der Waals surface area contributed by atoms with Crippen LogP contribution >= 0.6 is 0 Å². The molecule has 0 radical (unpaired) electrons. The molecular weight excluding hydrogens is 190 g/mol. The molecule has 0 bridgehead atoms. The van der Waals surface area contributed by atoms with E-state index in [4.69, 9.17) is 0 Å². The normalized spacial score (nSPS) is 13.6. The molecule has 1 aromatic rings. The average Bonchev–Trinajstić information content (AvgIpc) is 2.68. The fourth-order valence-electron chi connectivity index (χ4n) is 1.16. The van der Waals surface area contributed by atoms with Crippen molar-refractivity contribution in [1.82, 2.24) is 15.1 Å². The molecule has 84 valence electrons. The zero-order chi connectivity index (χ0) is 11.5. The van der Waals surface area contributed by atoms with Gasteiger partial charge >= 0.3 is 0 Å². The van der Waals surface area contributed by atoms with E-state index in [2.05, 4.69) is 17.3 Å². The third-order valence-corrected chi connectivity index (χ3v) is 2.65. The van der Waals surface area contributed by atoms with Gasteiger partial charge in [-0.05, 0) is 33.3 Å². The molecule has 1 atom stereocenters. The number of carbonyl (C=O) groups excluding carboxylic acids is 1. The highest BCUT2D eigenvalue weighted by Crippen LogP contribution is 2.10. The first-order valence-electron chi connectivity index (χ1n) is 5.27. The number of hydrogen-bond acceptors (Lipinski definition) is 2. The highest BCUT2D eigenvalue weighted by Gasteiger charge is 2.22. The van der Waals surface area contributed by atoms with E-state index < -0.39 is 0 Å². The number of carbonyl (C=O) groups is 1. The Morgan fingerprint density at radius 3 is 2.73 bits per heavy atom. The van der Waals surface area contributed by atoms with Gasteiger partial charge in [-0.15, -0.1) is 0 Å². The summed E-state index contributed by atoms with van der Waals surface area (Å²) in [7, 11) is 0. The van der Waals surface area contributed by atoms with Crippen molar-refractivity contribution in [2.45, 2.75) is 45.7 Å². The van der Waals surface area contributed by atoms with Crippen molar-refractivity contribution in [2.24, 2.45) is 0 Å². The van der Waals surface area contributed by atoms with Crippen LogP contribution in [-0.4, -0.2) is 21.2 Å². The molecule has 4 nitrogen and oxygen atoms in total. The molecule has 0 fully saturated rings. The molecule has 1 unspecified atom stereocenters. The molecule has 0 aliphatic rings. The standard InChI is InChI=1S/C11H19N3O/c1-5-11(3,4)13-10(15)9(2)14-8-6-7-12-14/h6-9H,5H2,1-4H3,(H,13,15). The number of hydrogen-bond donors (Lipinski definition) is 1. The highest BCUT2D eigenvalue weighted by atomic mass is 16.2. The minimum atomic E-state index is -0.258. The van der Waals surface area contributed by atoms with Crippen molar-refractivity contribution in [1.29, 1.82) is 0 Å². The van der Waals surface area contributed by atoms with E-state index in [0.29, 0.717) is 0 Å². The zero-order valence-corrected chi connectivity index (χ0v) is 9.82. The summed E-state index contributed by atoms with van der Waals surface area (Å²) in [5.74, 6) is 0.00514. The van der Waals surface area contributed by atoms with Gasteiger partial charge in [0.1, 0.15) is 6.04 Å². The topological polar surface area (TPSA) is 46.9 Å². The maximum absolute atomic E-state index is 11.8. The number of aromatic nitrogens is 2. The molecule has 15 heavy (non-hydrogen) atoms. The first-order valence-corrected chi connectivity index (χ1v) is 5.27. The van der Waals surface area contributed by atoms with Gasteiger partial charge in [0, 0.05) is 17.9 Å². The third-order valence-electron chi connectivity index (χ3n) is 2.65. The minimum absolute atomic E-state index is 0.00514. The summed E-state index contributed by atoms with van der Waals surface area (Å²) in [6, 6.07) is 1.56. The van der Waals surface area contributed by atoms with Crippen molar-refractivity contribution in [3.8, 4) is 0 Å². The molecular formula is C11H19N3O. The van der Waals surface area contributed by atoms with Gasteiger partial charge in [-0.2, -0.15) is 5.10 Å². The van der Waals surface area contributed by atoms with Crippen molar-refractivity contribution >= 4 is 5.91 Å². The Labute approximate surface area is 90.7 Å². The van der Waals surface area contributed by atoms with Gasteiger partial charge in [0.2, 0.25) is 5.91 Å². The highest BCUT2D eigenvalue weighted by molar-refractivity contribution is 5.80. The molecule has 1 aromatic heterocycles. The van der Waals surface area contributed by atoms with Crippen LogP contribution in [0.4, 0.5) is 0 Å². The Kier molecular flexibility index (Phi) is 3.50. The Bertz CT molecular complexity index is 317. The monoisotopic (exact) mass is 209 g/mol. The fourth-order valence-corrected chi connectivity index (χ4v) is 1.16. The molecule has 1 amide bonds. The number of amides is 1. The molecule has 1 N–H and O–H groups in total. The number of nitrogens with one attached hydrogen (secondary N) is 1. The lowest BCUT2D eigenvalue weighted by atomic mass is 10.0. The van der Waals surface area contributed by atoms with Crippen molar-refractivity contribution in [2.75, 3.05) is 0 Å². The van der Waals surface area contributed by atoms with Crippen LogP contribution in [0.3, 0.4) is 0 Å². The van der Waals surface area contributed by atoms with E-state index in [9.17, 15) is 4.79 Å². The van der Waals surface area contributed by atoms with Crippen LogP contribution in [0.25, 0.3) is 0 Å². The smallest absolute Gasteiger partial charge is 0.244 e. The zero-order valence-electron chi connectivity index (χ0n) is 9.82. The van der Waals surface area contributed by atoms with E-state index in [1.165, 1.54) is 0 Å². The van der Waals surface area contributed by atoms with Crippen LogP contribution in [0, 0.1) is 0 Å². The molecule has 0 aliphatic carbocycles. The van der Waals surface area contributed by atoms with E-state index in [-0.39, 0.29) is 17.5 Å². The van der Waals surface area contributed by atoms with Gasteiger partial charge in [0.05, 0.1) is 0 Å². The molecule has 0 aliphatic heterocycles. The molecule has 0 aromatic carbocycles. The summed E-state index contributed by atoms with van der Waals surface area (Å²) in [6.45, 7) is 7.92. The van der Waals surface area contributed by atoms with Crippen molar-refractivity contribution in [3.63, 3.8) is 0 Å².